The first-order valence-corrected chi connectivity index (χ1v) is 12.1. The highest BCUT2D eigenvalue weighted by Crippen LogP contribution is 2.45. The number of ether oxygens (including phenoxy) is 1. The Morgan fingerprint density at radius 3 is 2.34 bits per heavy atom. The summed E-state index contributed by atoms with van der Waals surface area (Å²) in [7, 11) is 0. The van der Waals surface area contributed by atoms with Crippen LogP contribution in [-0.2, 0) is 10.2 Å². The Bertz CT molecular complexity index is 947. The van der Waals surface area contributed by atoms with Gasteiger partial charge in [0.25, 0.3) is 0 Å². The van der Waals surface area contributed by atoms with Crippen molar-refractivity contribution in [3.8, 4) is 0 Å². The molecular weight excluding hydrogens is 396 g/mol. The Labute approximate surface area is 194 Å². The van der Waals surface area contributed by atoms with Crippen LogP contribution in [0.15, 0.2) is 36.4 Å². The van der Waals surface area contributed by atoms with E-state index in [0.29, 0.717) is 24.3 Å². The molecule has 0 aromatic heterocycles. The van der Waals surface area contributed by atoms with Crippen molar-refractivity contribution in [1.82, 2.24) is 0 Å². The van der Waals surface area contributed by atoms with E-state index >= 15 is 0 Å². The SMILES string of the molecule is CCOC(=O)c1ccc(N(c2cc3c(cc2C)C(C)(C)CCN3C(C)C)C(C)CC)cc1. The number of esters is 1. The molecule has 0 spiro atoms. The minimum atomic E-state index is -0.270. The number of benzene rings is 2. The van der Waals surface area contributed by atoms with E-state index in [0.717, 1.165) is 18.7 Å². The van der Waals surface area contributed by atoms with Crippen LogP contribution >= 0.6 is 0 Å². The minimum absolute atomic E-state index is 0.173. The normalized spacial score (nSPS) is 16.0. The third-order valence-electron chi connectivity index (χ3n) is 6.90. The summed E-state index contributed by atoms with van der Waals surface area (Å²) in [5.41, 5.74) is 7.19. The monoisotopic (exact) mass is 436 g/mol. The summed E-state index contributed by atoms with van der Waals surface area (Å²) in [5, 5.41) is 0. The largest absolute Gasteiger partial charge is 0.462 e. The number of hydrogen-bond donors (Lipinski definition) is 0. The van der Waals surface area contributed by atoms with Gasteiger partial charge in [0.2, 0.25) is 0 Å². The molecule has 2 aromatic rings. The third kappa shape index (κ3) is 4.65. The standard InChI is InChI=1S/C28H40N2O2/c1-9-21(6)30(23-13-11-22(12-14-23)27(31)32-10-2)25-18-26-24(17-20(25)5)28(7,8)15-16-29(26)19(3)4/h11-14,17-19,21H,9-10,15-16H2,1-8H3. The first-order chi connectivity index (χ1) is 15.1. The van der Waals surface area contributed by atoms with E-state index in [1.54, 1.807) is 0 Å². The Kier molecular flexibility index (Phi) is 7.22. The number of carbonyl (C=O) groups excluding carboxylic acids is 1. The zero-order chi connectivity index (χ0) is 23.6. The molecule has 4 nitrogen and oxygen atoms in total. The van der Waals surface area contributed by atoms with Gasteiger partial charge >= 0.3 is 5.97 Å². The molecule has 1 heterocycles. The predicted octanol–water partition coefficient (Wildman–Crippen LogP) is 7.00. The van der Waals surface area contributed by atoms with Crippen molar-refractivity contribution in [3.63, 3.8) is 0 Å². The smallest absolute Gasteiger partial charge is 0.338 e. The molecule has 0 bridgehead atoms. The van der Waals surface area contributed by atoms with Gasteiger partial charge in [-0.2, -0.15) is 0 Å². The van der Waals surface area contributed by atoms with E-state index in [1.807, 2.05) is 31.2 Å². The number of anilines is 3. The van der Waals surface area contributed by atoms with Crippen molar-refractivity contribution < 1.29 is 9.53 Å². The van der Waals surface area contributed by atoms with Crippen LogP contribution in [-0.4, -0.2) is 31.2 Å². The van der Waals surface area contributed by atoms with Crippen molar-refractivity contribution >= 4 is 23.0 Å². The lowest BCUT2D eigenvalue weighted by Crippen LogP contribution is -2.41. The van der Waals surface area contributed by atoms with Gasteiger partial charge in [0, 0.05) is 35.7 Å². The number of carbonyl (C=O) groups is 1. The molecule has 0 aliphatic carbocycles. The van der Waals surface area contributed by atoms with E-state index in [9.17, 15) is 4.79 Å². The molecular formula is C28H40N2O2. The molecule has 0 saturated heterocycles. The van der Waals surface area contributed by atoms with Crippen LogP contribution < -0.4 is 9.80 Å². The van der Waals surface area contributed by atoms with Crippen molar-refractivity contribution in [1.29, 1.82) is 0 Å². The fourth-order valence-electron chi connectivity index (χ4n) is 4.70. The average molecular weight is 437 g/mol. The minimum Gasteiger partial charge on any atom is -0.462 e. The number of rotatable bonds is 7. The molecule has 0 fully saturated rings. The second kappa shape index (κ2) is 9.56. The van der Waals surface area contributed by atoms with E-state index in [4.69, 9.17) is 4.74 Å². The second-order valence-electron chi connectivity index (χ2n) is 9.97. The van der Waals surface area contributed by atoms with Crippen molar-refractivity contribution in [2.75, 3.05) is 23.0 Å². The Hall–Kier alpha value is -2.49. The van der Waals surface area contributed by atoms with Crippen LogP contribution in [0.2, 0.25) is 0 Å². The van der Waals surface area contributed by atoms with Crippen LogP contribution in [0, 0.1) is 6.92 Å². The Morgan fingerprint density at radius 2 is 1.78 bits per heavy atom. The summed E-state index contributed by atoms with van der Waals surface area (Å²) in [6.45, 7) is 19.3. The van der Waals surface area contributed by atoms with Gasteiger partial charge in [0.15, 0.2) is 0 Å². The number of nitrogens with zero attached hydrogens (tertiary/aromatic N) is 2. The van der Waals surface area contributed by atoms with E-state index in [-0.39, 0.29) is 11.4 Å². The van der Waals surface area contributed by atoms with Crippen LogP contribution in [0.3, 0.4) is 0 Å². The molecule has 4 heteroatoms. The van der Waals surface area contributed by atoms with Crippen LogP contribution in [0.4, 0.5) is 17.1 Å². The molecule has 2 aromatic carbocycles. The fourth-order valence-corrected chi connectivity index (χ4v) is 4.70. The highest BCUT2D eigenvalue weighted by Gasteiger charge is 2.33. The number of fused-ring (bicyclic) bond motifs is 1. The summed E-state index contributed by atoms with van der Waals surface area (Å²) in [4.78, 5) is 17.1. The molecule has 0 saturated carbocycles. The quantitative estimate of drug-likeness (QED) is 0.437. The van der Waals surface area contributed by atoms with E-state index in [2.05, 4.69) is 70.4 Å². The lowest BCUT2D eigenvalue weighted by Gasteiger charge is -2.44. The molecule has 0 radical (unpaired) electrons. The maximum Gasteiger partial charge on any atom is 0.338 e. The van der Waals surface area contributed by atoms with Crippen LogP contribution in [0.5, 0.6) is 0 Å². The van der Waals surface area contributed by atoms with Gasteiger partial charge < -0.3 is 14.5 Å². The number of aryl methyl sites for hydroxylation is 1. The molecule has 1 aliphatic heterocycles. The zero-order valence-electron chi connectivity index (χ0n) is 21.2. The summed E-state index contributed by atoms with van der Waals surface area (Å²) in [6.07, 6.45) is 2.19. The van der Waals surface area contributed by atoms with Crippen molar-refractivity contribution in [2.45, 2.75) is 85.7 Å². The van der Waals surface area contributed by atoms with Crippen LogP contribution in [0.1, 0.15) is 82.8 Å². The molecule has 32 heavy (non-hydrogen) atoms. The molecule has 1 aliphatic rings. The molecule has 1 atom stereocenters. The summed E-state index contributed by atoms with van der Waals surface area (Å²) >= 11 is 0. The third-order valence-corrected chi connectivity index (χ3v) is 6.90. The van der Waals surface area contributed by atoms with Gasteiger partial charge in [0.05, 0.1) is 12.2 Å². The first-order valence-electron chi connectivity index (χ1n) is 12.1. The van der Waals surface area contributed by atoms with E-state index in [1.165, 1.54) is 28.9 Å². The second-order valence-corrected chi connectivity index (χ2v) is 9.97. The van der Waals surface area contributed by atoms with Crippen LogP contribution in [0.25, 0.3) is 0 Å². The lowest BCUT2D eigenvalue weighted by molar-refractivity contribution is 0.0526. The zero-order valence-corrected chi connectivity index (χ0v) is 21.2. The molecule has 174 valence electrons. The lowest BCUT2D eigenvalue weighted by atomic mass is 9.76. The summed E-state index contributed by atoms with van der Waals surface area (Å²) < 4.78 is 5.16. The van der Waals surface area contributed by atoms with Gasteiger partial charge in [-0.1, -0.05) is 26.8 Å². The molecule has 0 N–H and O–H groups in total. The Balaban J connectivity index is 2.11. The first kappa shape index (κ1) is 24.2. The van der Waals surface area contributed by atoms with Gasteiger partial charge in [-0.3, -0.25) is 0 Å². The maximum absolute atomic E-state index is 12.1. The molecule has 3 rings (SSSR count). The fraction of sp³-hybridized carbons (Fsp3) is 0.536. The van der Waals surface area contributed by atoms with Crippen molar-refractivity contribution in [2.24, 2.45) is 0 Å². The van der Waals surface area contributed by atoms with Gasteiger partial charge in [-0.15, -0.1) is 0 Å². The predicted molar refractivity (Wildman–Crippen MR) is 136 cm³/mol. The average Bonchev–Trinajstić information content (AvgIpc) is 2.75. The molecule has 0 amide bonds. The molecule has 1 unspecified atom stereocenters. The highest BCUT2D eigenvalue weighted by atomic mass is 16.5. The number of hydrogen-bond acceptors (Lipinski definition) is 4. The summed E-state index contributed by atoms with van der Waals surface area (Å²) in [6, 6.07) is 13.4. The van der Waals surface area contributed by atoms with E-state index < -0.39 is 0 Å². The topological polar surface area (TPSA) is 32.8 Å². The summed E-state index contributed by atoms with van der Waals surface area (Å²) in [5.74, 6) is -0.270. The van der Waals surface area contributed by atoms with Gasteiger partial charge in [0.1, 0.15) is 0 Å². The van der Waals surface area contributed by atoms with Gasteiger partial charge in [-0.05, 0) is 94.3 Å². The Morgan fingerprint density at radius 1 is 1.12 bits per heavy atom. The van der Waals surface area contributed by atoms with Crippen molar-refractivity contribution in [3.05, 3.63) is 53.1 Å². The van der Waals surface area contributed by atoms with Gasteiger partial charge in [-0.25, -0.2) is 4.79 Å². The maximum atomic E-state index is 12.1. The highest BCUT2D eigenvalue weighted by molar-refractivity contribution is 5.90.